The highest BCUT2D eigenvalue weighted by Gasteiger charge is 2.10. The Labute approximate surface area is 96.1 Å². The summed E-state index contributed by atoms with van der Waals surface area (Å²) in [5, 5.41) is 0. The third kappa shape index (κ3) is 4.16. The van der Waals surface area contributed by atoms with Gasteiger partial charge >= 0.3 is 0 Å². The number of aryl methyl sites for hydroxylation is 1. The van der Waals surface area contributed by atoms with E-state index in [1.807, 2.05) is 6.92 Å². The lowest BCUT2D eigenvalue weighted by atomic mass is 10.3. The van der Waals surface area contributed by atoms with Gasteiger partial charge in [0.1, 0.15) is 0 Å². The van der Waals surface area contributed by atoms with Gasteiger partial charge in [-0.25, -0.2) is 8.42 Å². The van der Waals surface area contributed by atoms with Crippen molar-refractivity contribution in [2.75, 3.05) is 17.0 Å². The number of nitrogens with one attached hydrogen (secondary N) is 1. The monoisotopic (exact) mass is 243 g/mol. The first-order chi connectivity index (χ1) is 7.55. The molecular formula is C10H17N3O2S. The van der Waals surface area contributed by atoms with Crippen molar-refractivity contribution in [1.29, 1.82) is 0 Å². The first-order valence-electron chi connectivity index (χ1n) is 5.16. The van der Waals surface area contributed by atoms with E-state index in [4.69, 9.17) is 5.73 Å². The van der Waals surface area contributed by atoms with Crippen molar-refractivity contribution in [3.63, 3.8) is 0 Å². The van der Waals surface area contributed by atoms with E-state index in [-0.39, 0.29) is 5.75 Å². The van der Waals surface area contributed by atoms with E-state index < -0.39 is 10.0 Å². The molecule has 90 valence electrons. The largest absolute Gasteiger partial charge is 0.330 e. The quantitative estimate of drug-likeness (QED) is 0.726. The summed E-state index contributed by atoms with van der Waals surface area (Å²) in [4.78, 5) is 3.90. The molecule has 0 aliphatic carbocycles. The third-order valence-electron chi connectivity index (χ3n) is 2.15. The van der Waals surface area contributed by atoms with Crippen LogP contribution in [0.4, 0.5) is 5.69 Å². The molecule has 3 N–H and O–H groups in total. The molecule has 5 nitrogen and oxygen atoms in total. The highest BCUT2D eigenvalue weighted by atomic mass is 32.2. The number of aromatic nitrogens is 1. The number of nitrogens with two attached hydrogens (primary N) is 1. The van der Waals surface area contributed by atoms with Crippen LogP contribution < -0.4 is 10.5 Å². The molecule has 0 radical (unpaired) electrons. The summed E-state index contributed by atoms with van der Waals surface area (Å²) in [7, 11) is -3.26. The van der Waals surface area contributed by atoms with Gasteiger partial charge in [0.05, 0.1) is 11.4 Å². The lowest BCUT2D eigenvalue weighted by Gasteiger charge is -2.09. The van der Waals surface area contributed by atoms with Gasteiger partial charge in [-0.2, -0.15) is 0 Å². The van der Waals surface area contributed by atoms with E-state index in [0.29, 0.717) is 18.7 Å². The van der Waals surface area contributed by atoms with Crippen molar-refractivity contribution < 1.29 is 8.42 Å². The van der Waals surface area contributed by atoms with Crippen LogP contribution in [0.2, 0.25) is 0 Å². The van der Waals surface area contributed by atoms with E-state index in [1.165, 1.54) is 0 Å². The summed E-state index contributed by atoms with van der Waals surface area (Å²) in [5.74, 6) is 0.103. The van der Waals surface area contributed by atoms with E-state index in [1.54, 1.807) is 18.5 Å². The standard InChI is InChI=1S/C10H17N3O2S/c1-9-8-12-6-4-10(9)13-16(14,15)7-3-2-5-11/h4,6,8H,2-3,5,7,11H2,1H3,(H,12,13). The van der Waals surface area contributed by atoms with Crippen molar-refractivity contribution in [3.8, 4) is 0 Å². The molecule has 0 aromatic carbocycles. The van der Waals surface area contributed by atoms with Crippen LogP contribution in [0.15, 0.2) is 18.5 Å². The SMILES string of the molecule is Cc1cnccc1NS(=O)(=O)CCCCN. The predicted octanol–water partition coefficient (Wildman–Crippen LogP) is 0.871. The van der Waals surface area contributed by atoms with Crippen molar-refractivity contribution >= 4 is 15.7 Å². The minimum absolute atomic E-state index is 0.103. The number of nitrogens with zero attached hydrogens (tertiary/aromatic N) is 1. The molecule has 0 atom stereocenters. The van der Waals surface area contributed by atoms with Gasteiger partial charge in [0, 0.05) is 12.4 Å². The number of pyridine rings is 1. The van der Waals surface area contributed by atoms with Crippen molar-refractivity contribution in [2.24, 2.45) is 5.73 Å². The Balaban J connectivity index is 2.63. The van der Waals surface area contributed by atoms with Gasteiger partial charge in [0.15, 0.2) is 0 Å². The summed E-state index contributed by atoms with van der Waals surface area (Å²) in [5.41, 5.74) is 6.71. The van der Waals surface area contributed by atoms with Crippen molar-refractivity contribution in [3.05, 3.63) is 24.0 Å². The van der Waals surface area contributed by atoms with Crippen LogP contribution in [0, 0.1) is 6.92 Å². The zero-order valence-electron chi connectivity index (χ0n) is 9.31. The van der Waals surface area contributed by atoms with E-state index in [0.717, 1.165) is 12.0 Å². The van der Waals surface area contributed by atoms with Crippen LogP contribution in [-0.2, 0) is 10.0 Å². The highest BCUT2D eigenvalue weighted by Crippen LogP contribution is 2.14. The molecule has 0 aliphatic heterocycles. The Kier molecular flexibility index (Phi) is 4.70. The molecule has 0 saturated carbocycles. The summed E-state index contributed by atoms with van der Waals surface area (Å²) in [6.45, 7) is 2.33. The zero-order valence-corrected chi connectivity index (χ0v) is 10.1. The Bertz CT molecular complexity index is 431. The molecule has 0 aliphatic rings. The average Bonchev–Trinajstić information content (AvgIpc) is 2.21. The minimum atomic E-state index is -3.26. The molecular weight excluding hydrogens is 226 g/mol. The molecule has 1 heterocycles. The second-order valence-electron chi connectivity index (χ2n) is 3.61. The van der Waals surface area contributed by atoms with Gasteiger partial charge in [0.25, 0.3) is 0 Å². The molecule has 0 bridgehead atoms. The number of sulfonamides is 1. The molecule has 1 rings (SSSR count). The second kappa shape index (κ2) is 5.81. The van der Waals surface area contributed by atoms with E-state index in [9.17, 15) is 8.42 Å². The number of unbranched alkanes of at least 4 members (excludes halogenated alkanes) is 1. The van der Waals surface area contributed by atoms with Gasteiger partial charge in [-0.3, -0.25) is 9.71 Å². The number of rotatable bonds is 6. The van der Waals surface area contributed by atoms with Crippen LogP contribution in [0.25, 0.3) is 0 Å². The van der Waals surface area contributed by atoms with Gasteiger partial charge in [-0.15, -0.1) is 0 Å². The van der Waals surface area contributed by atoms with Crippen molar-refractivity contribution in [2.45, 2.75) is 19.8 Å². The molecule has 0 amide bonds. The molecule has 0 unspecified atom stereocenters. The second-order valence-corrected chi connectivity index (χ2v) is 5.45. The lowest BCUT2D eigenvalue weighted by molar-refractivity contribution is 0.597. The molecule has 16 heavy (non-hydrogen) atoms. The fourth-order valence-electron chi connectivity index (χ4n) is 1.24. The number of hydrogen-bond donors (Lipinski definition) is 2. The Morgan fingerprint density at radius 2 is 2.19 bits per heavy atom. The third-order valence-corrected chi connectivity index (χ3v) is 3.51. The maximum absolute atomic E-state index is 11.7. The van der Waals surface area contributed by atoms with Gasteiger partial charge < -0.3 is 5.73 Å². The number of hydrogen-bond acceptors (Lipinski definition) is 4. The topological polar surface area (TPSA) is 85.1 Å². The van der Waals surface area contributed by atoms with Crippen LogP contribution in [-0.4, -0.2) is 25.7 Å². The van der Waals surface area contributed by atoms with E-state index in [2.05, 4.69) is 9.71 Å². The van der Waals surface area contributed by atoms with Gasteiger partial charge in [-0.05, 0) is 37.9 Å². The van der Waals surface area contributed by atoms with Crippen LogP contribution in [0.3, 0.4) is 0 Å². The van der Waals surface area contributed by atoms with Crippen LogP contribution >= 0.6 is 0 Å². The maximum Gasteiger partial charge on any atom is 0.232 e. The van der Waals surface area contributed by atoms with Crippen molar-refractivity contribution in [1.82, 2.24) is 4.98 Å². The first kappa shape index (κ1) is 12.9. The molecule has 0 saturated heterocycles. The summed E-state index contributed by atoms with van der Waals surface area (Å²) < 4.78 is 25.8. The van der Waals surface area contributed by atoms with E-state index >= 15 is 0 Å². The summed E-state index contributed by atoms with van der Waals surface area (Å²) in [6, 6.07) is 1.65. The maximum atomic E-state index is 11.7. The zero-order chi connectivity index (χ0) is 12.0. The Hall–Kier alpha value is -1.14. The number of anilines is 1. The Morgan fingerprint density at radius 3 is 2.81 bits per heavy atom. The smallest absolute Gasteiger partial charge is 0.232 e. The Morgan fingerprint density at radius 1 is 1.44 bits per heavy atom. The fraction of sp³-hybridized carbons (Fsp3) is 0.500. The first-order valence-corrected chi connectivity index (χ1v) is 6.81. The molecule has 1 aromatic rings. The lowest BCUT2D eigenvalue weighted by Crippen LogP contribution is -2.18. The van der Waals surface area contributed by atoms with Gasteiger partial charge in [0.2, 0.25) is 10.0 Å². The summed E-state index contributed by atoms with van der Waals surface area (Å²) >= 11 is 0. The van der Waals surface area contributed by atoms with Gasteiger partial charge in [-0.1, -0.05) is 0 Å². The highest BCUT2D eigenvalue weighted by molar-refractivity contribution is 7.92. The molecule has 0 fully saturated rings. The minimum Gasteiger partial charge on any atom is -0.330 e. The average molecular weight is 243 g/mol. The van der Waals surface area contributed by atoms with Crippen LogP contribution in [0.1, 0.15) is 18.4 Å². The predicted molar refractivity (Wildman–Crippen MR) is 64.7 cm³/mol. The van der Waals surface area contributed by atoms with Crippen LogP contribution in [0.5, 0.6) is 0 Å². The molecule has 6 heteroatoms. The molecule has 0 spiro atoms. The molecule has 1 aromatic heterocycles. The fourth-order valence-corrected chi connectivity index (χ4v) is 2.49. The summed E-state index contributed by atoms with van der Waals surface area (Å²) in [6.07, 6.45) is 4.48. The normalized spacial score (nSPS) is 11.4.